The third-order valence-corrected chi connectivity index (χ3v) is 6.03. The number of hydrogen-bond acceptors (Lipinski definition) is 6. The molecule has 1 fully saturated rings. The van der Waals surface area contributed by atoms with E-state index < -0.39 is 5.97 Å². The van der Waals surface area contributed by atoms with E-state index in [0.717, 1.165) is 37.4 Å². The van der Waals surface area contributed by atoms with Crippen LogP contribution in [0.25, 0.3) is 0 Å². The Balaban J connectivity index is 2.22. The molecule has 1 N–H and O–H groups in total. The fourth-order valence-corrected chi connectivity index (χ4v) is 4.52. The molecular formula is C16H20N2O3S2. The van der Waals surface area contributed by atoms with Gasteiger partial charge in [0.2, 0.25) is 5.91 Å². The van der Waals surface area contributed by atoms with E-state index in [9.17, 15) is 9.59 Å². The van der Waals surface area contributed by atoms with Gasteiger partial charge in [-0.3, -0.25) is 4.79 Å². The van der Waals surface area contributed by atoms with Crippen molar-refractivity contribution < 1.29 is 14.3 Å². The van der Waals surface area contributed by atoms with Crippen LogP contribution in [0.2, 0.25) is 0 Å². The monoisotopic (exact) mass is 352 g/mol. The van der Waals surface area contributed by atoms with Crippen LogP contribution in [0.5, 0.6) is 0 Å². The molecule has 5 nitrogen and oxygen atoms in total. The van der Waals surface area contributed by atoms with E-state index >= 15 is 0 Å². The zero-order valence-corrected chi connectivity index (χ0v) is 14.9. The molecule has 0 saturated heterocycles. The summed E-state index contributed by atoms with van der Waals surface area (Å²) >= 11 is 2.15. The van der Waals surface area contributed by atoms with Crippen LogP contribution in [-0.4, -0.2) is 18.5 Å². The molecule has 23 heavy (non-hydrogen) atoms. The average Bonchev–Trinajstić information content (AvgIpc) is 2.86. The van der Waals surface area contributed by atoms with Crippen LogP contribution >= 0.6 is 23.1 Å². The van der Waals surface area contributed by atoms with Crippen molar-refractivity contribution in [1.82, 2.24) is 0 Å². The van der Waals surface area contributed by atoms with Crippen molar-refractivity contribution in [3.05, 3.63) is 10.4 Å². The minimum absolute atomic E-state index is 0.0128. The van der Waals surface area contributed by atoms with Crippen molar-refractivity contribution in [3.8, 4) is 5.40 Å². The normalized spacial score (nSPS) is 15.0. The molecular weight excluding hydrogens is 332 g/mol. The summed E-state index contributed by atoms with van der Waals surface area (Å²) in [6.45, 7) is 3.82. The van der Waals surface area contributed by atoms with Crippen LogP contribution < -0.4 is 5.32 Å². The molecule has 0 atom stereocenters. The number of thiophene rings is 1. The van der Waals surface area contributed by atoms with Crippen LogP contribution in [-0.2, 0) is 9.53 Å². The molecule has 1 aromatic rings. The molecule has 124 valence electrons. The van der Waals surface area contributed by atoms with Crippen LogP contribution in [0.1, 0.15) is 54.3 Å². The number of esters is 1. The van der Waals surface area contributed by atoms with Crippen LogP contribution in [0, 0.1) is 23.5 Å². The van der Waals surface area contributed by atoms with Crippen molar-refractivity contribution in [3.63, 3.8) is 0 Å². The Morgan fingerprint density at radius 2 is 2.09 bits per heavy atom. The highest BCUT2D eigenvalue weighted by Gasteiger charge is 2.26. The summed E-state index contributed by atoms with van der Waals surface area (Å²) in [5.74, 6) is -0.397. The molecule has 1 aliphatic carbocycles. The van der Waals surface area contributed by atoms with Gasteiger partial charge in [0, 0.05) is 5.92 Å². The second-order valence-corrected chi connectivity index (χ2v) is 7.27. The van der Waals surface area contributed by atoms with E-state index in [1.54, 1.807) is 13.8 Å². The molecule has 1 heterocycles. The summed E-state index contributed by atoms with van der Waals surface area (Å²) < 4.78 is 5.04. The van der Waals surface area contributed by atoms with E-state index in [2.05, 4.69) is 5.32 Å². The first kappa shape index (κ1) is 17.8. The largest absolute Gasteiger partial charge is 0.462 e. The third-order valence-electron chi connectivity index (χ3n) is 3.91. The van der Waals surface area contributed by atoms with Crippen molar-refractivity contribution in [2.24, 2.45) is 5.92 Å². The van der Waals surface area contributed by atoms with Gasteiger partial charge in [0.1, 0.15) is 15.3 Å². The Bertz CT molecular complexity index is 628. The van der Waals surface area contributed by atoms with Crippen LogP contribution in [0.15, 0.2) is 4.90 Å². The maximum atomic E-state index is 12.4. The molecule has 1 aromatic heterocycles. The number of carbonyl (C=O) groups is 2. The van der Waals surface area contributed by atoms with Crippen LogP contribution in [0.3, 0.4) is 0 Å². The Hall–Kier alpha value is -1.52. The number of carbonyl (C=O) groups excluding carboxylic acids is 2. The quantitative estimate of drug-likeness (QED) is 0.485. The van der Waals surface area contributed by atoms with E-state index in [1.165, 1.54) is 17.8 Å². The fraction of sp³-hybridized carbons (Fsp3) is 0.562. The number of amides is 1. The van der Waals surface area contributed by atoms with E-state index in [4.69, 9.17) is 10.00 Å². The molecule has 1 aliphatic rings. The lowest BCUT2D eigenvalue weighted by Gasteiger charge is -2.20. The molecule has 7 heteroatoms. The standard InChI is InChI=1S/C16H20N2O3S2/c1-3-21-16(20)13-10(2)12(22-9-17)15(23-13)18-14(19)11-7-5-4-6-8-11/h11H,3-8H2,1-2H3,(H,18,19). The van der Waals surface area contributed by atoms with Gasteiger partial charge in [0.15, 0.2) is 0 Å². The second kappa shape index (κ2) is 8.37. The van der Waals surface area contributed by atoms with Gasteiger partial charge in [-0.25, -0.2) is 4.79 Å². The first-order valence-corrected chi connectivity index (χ1v) is 9.39. The highest BCUT2D eigenvalue weighted by Crippen LogP contribution is 2.40. The number of nitrogens with zero attached hydrogens (tertiary/aromatic N) is 1. The molecule has 2 rings (SSSR count). The smallest absolute Gasteiger partial charge is 0.348 e. The number of rotatable bonds is 5. The Morgan fingerprint density at radius 1 is 1.39 bits per heavy atom. The molecule has 0 spiro atoms. The van der Waals surface area contributed by atoms with Gasteiger partial charge >= 0.3 is 5.97 Å². The summed E-state index contributed by atoms with van der Waals surface area (Å²) in [5.41, 5.74) is 0.693. The predicted octanol–water partition coefficient (Wildman–Crippen LogP) is 4.33. The lowest BCUT2D eigenvalue weighted by molar-refractivity contribution is -0.120. The molecule has 0 aliphatic heterocycles. The highest BCUT2D eigenvalue weighted by atomic mass is 32.2. The van der Waals surface area contributed by atoms with Gasteiger partial charge in [0.25, 0.3) is 0 Å². The number of ether oxygens (including phenoxy) is 1. The van der Waals surface area contributed by atoms with Gasteiger partial charge in [-0.2, -0.15) is 5.26 Å². The van der Waals surface area contributed by atoms with E-state index in [-0.39, 0.29) is 11.8 Å². The maximum absolute atomic E-state index is 12.4. The molecule has 0 bridgehead atoms. The highest BCUT2D eigenvalue weighted by molar-refractivity contribution is 8.04. The van der Waals surface area contributed by atoms with E-state index in [0.29, 0.717) is 26.9 Å². The van der Waals surface area contributed by atoms with Gasteiger partial charge in [-0.15, -0.1) is 11.3 Å². The maximum Gasteiger partial charge on any atom is 0.348 e. The molecule has 1 amide bonds. The number of anilines is 1. The SMILES string of the molecule is CCOC(=O)c1sc(NC(=O)C2CCCCC2)c(SC#N)c1C. The number of thiocyanates is 1. The number of hydrogen-bond donors (Lipinski definition) is 1. The number of nitriles is 1. The van der Waals surface area contributed by atoms with Crippen molar-refractivity contribution >= 4 is 40.0 Å². The minimum atomic E-state index is -0.409. The molecule has 1 saturated carbocycles. The Morgan fingerprint density at radius 3 is 2.70 bits per heavy atom. The summed E-state index contributed by atoms with van der Waals surface area (Å²) in [6.07, 6.45) is 5.15. The second-order valence-electron chi connectivity index (χ2n) is 5.45. The van der Waals surface area contributed by atoms with E-state index in [1.807, 2.05) is 5.40 Å². The van der Waals surface area contributed by atoms with Crippen molar-refractivity contribution in [2.45, 2.75) is 50.8 Å². The molecule has 0 radical (unpaired) electrons. The molecule has 0 unspecified atom stereocenters. The predicted molar refractivity (Wildman–Crippen MR) is 91.7 cm³/mol. The first-order chi connectivity index (χ1) is 11.1. The summed E-state index contributed by atoms with van der Waals surface area (Å²) in [5, 5.41) is 14.5. The Kier molecular flexibility index (Phi) is 6.48. The zero-order chi connectivity index (χ0) is 16.8. The third kappa shape index (κ3) is 4.27. The van der Waals surface area contributed by atoms with Crippen molar-refractivity contribution in [2.75, 3.05) is 11.9 Å². The summed E-state index contributed by atoms with van der Waals surface area (Å²) in [4.78, 5) is 25.5. The van der Waals surface area contributed by atoms with Gasteiger partial charge in [-0.05, 0) is 44.0 Å². The van der Waals surface area contributed by atoms with Gasteiger partial charge < -0.3 is 10.1 Å². The van der Waals surface area contributed by atoms with Gasteiger partial charge in [0.05, 0.1) is 11.5 Å². The fourth-order valence-electron chi connectivity index (χ4n) is 2.72. The average molecular weight is 352 g/mol. The lowest BCUT2D eigenvalue weighted by atomic mass is 9.89. The minimum Gasteiger partial charge on any atom is -0.462 e. The Labute approximate surface area is 144 Å². The lowest BCUT2D eigenvalue weighted by Crippen LogP contribution is -2.24. The summed E-state index contributed by atoms with van der Waals surface area (Å²) in [7, 11) is 0. The molecule has 0 aromatic carbocycles. The first-order valence-electron chi connectivity index (χ1n) is 7.75. The number of nitrogens with one attached hydrogen (secondary N) is 1. The van der Waals surface area contributed by atoms with Gasteiger partial charge in [-0.1, -0.05) is 19.3 Å². The van der Waals surface area contributed by atoms with Crippen LogP contribution in [0.4, 0.5) is 5.00 Å². The van der Waals surface area contributed by atoms with Crippen molar-refractivity contribution in [1.29, 1.82) is 5.26 Å². The number of thioether (sulfide) groups is 1. The zero-order valence-electron chi connectivity index (χ0n) is 13.3. The topological polar surface area (TPSA) is 79.2 Å². The summed E-state index contributed by atoms with van der Waals surface area (Å²) in [6, 6.07) is 0.